The summed E-state index contributed by atoms with van der Waals surface area (Å²) in [4.78, 5) is -0.504. The fourth-order valence-electron chi connectivity index (χ4n) is 2.80. The number of halogens is 2. The summed E-state index contributed by atoms with van der Waals surface area (Å²) in [6.45, 7) is 1.55. The zero-order valence-electron chi connectivity index (χ0n) is 11.9. The maximum absolute atomic E-state index is 13.8. The second kappa shape index (κ2) is 5.84. The number of hydrogen-bond acceptors (Lipinski definition) is 4. The summed E-state index contributed by atoms with van der Waals surface area (Å²) >= 11 is 0. The van der Waals surface area contributed by atoms with Crippen molar-refractivity contribution in [3.63, 3.8) is 0 Å². The Labute approximate surface area is 127 Å². The fraction of sp³-hybridized carbons (Fsp3) is 0.571. The Hall–Kier alpha value is -1.09. The van der Waals surface area contributed by atoms with Crippen molar-refractivity contribution in [2.75, 3.05) is 26.3 Å². The molecule has 0 N–H and O–H groups in total. The highest BCUT2D eigenvalue weighted by Crippen LogP contribution is 2.33. The minimum atomic E-state index is -3.98. The summed E-state index contributed by atoms with van der Waals surface area (Å²) in [5.41, 5.74) is 0. The van der Waals surface area contributed by atoms with Crippen molar-refractivity contribution < 1.29 is 26.7 Å². The van der Waals surface area contributed by atoms with Crippen LogP contribution in [0.25, 0.3) is 0 Å². The van der Waals surface area contributed by atoms with Gasteiger partial charge in [-0.1, -0.05) is 0 Å². The predicted molar refractivity (Wildman–Crippen MR) is 73.6 cm³/mol. The van der Waals surface area contributed by atoms with Gasteiger partial charge in [-0.3, -0.25) is 0 Å². The molecule has 0 radical (unpaired) electrons. The van der Waals surface area contributed by atoms with Gasteiger partial charge in [-0.15, -0.1) is 0 Å². The van der Waals surface area contributed by atoms with E-state index >= 15 is 0 Å². The van der Waals surface area contributed by atoms with Gasteiger partial charge in [-0.05, 0) is 18.6 Å². The van der Waals surface area contributed by atoms with Crippen LogP contribution in [-0.4, -0.2) is 44.8 Å². The van der Waals surface area contributed by atoms with Crippen molar-refractivity contribution >= 4 is 10.0 Å². The molecule has 2 heterocycles. The zero-order valence-corrected chi connectivity index (χ0v) is 12.7. The minimum absolute atomic E-state index is 0.180. The standard InChI is InChI=1S/C14H17F2NO4S/c15-11-2-3-13(12(16)10-11)22(18,19)17-6-4-14(5-7-17)20-8-1-9-21-14/h2-3,10H,1,4-9H2. The average Bonchev–Trinajstić information content (AvgIpc) is 2.48. The van der Waals surface area contributed by atoms with Gasteiger partial charge in [0.05, 0.1) is 13.2 Å². The van der Waals surface area contributed by atoms with Crippen LogP contribution in [0.5, 0.6) is 0 Å². The topological polar surface area (TPSA) is 55.8 Å². The van der Waals surface area contributed by atoms with E-state index in [1.165, 1.54) is 4.31 Å². The molecule has 0 aliphatic carbocycles. The fourth-order valence-corrected chi connectivity index (χ4v) is 4.28. The van der Waals surface area contributed by atoms with Crippen molar-refractivity contribution in [2.24, 2.45) is 0 Å². The maximum Gasteiger partial charge on any atom is 0.245 e. The average molecular weight is 333 g/mol. The first kappa shape index (κ1) is 15.8. The Kier molecular flexibility index (Phi) is 4.19. The molecule has 1 aromatic rings. The van der Waals surface area contributed by atoms with Crippen LogP contribution in [0.2, 0.25) is 0 Å². The first-order valence-electron chi connectivity index (χ1n) is 7.16. The summed E-state index contributed by atoms with van der Waals surface area (Å²) in [5, 5.41) is 0. The Bertz CT molecular complexity index is 649. The van der Waals surface area contributed by atoms with E-state index in [-0.39, 0.29) is 13.1 Å². The number of hydrogen-bond donors (Lipinski definition) is 0. The summed E-state index contributed by atoms with van der Waals surface area (Å²) in [6, 6.07) is 2.47. The molecule has 3 rings (SSSR count). The third kappa shape index (κ3) is 2.88. The third-order valence-electron chi connectivity index (χ3n) is 4.01. The van der Waals surface area contributed by atoms with E-state index in [9.17, 15) is 17.2 Å². The zero-order chi connectivity index (χ0) is 15.8. The van der Waals surface area contributed by atoms with Crippen LogP contribution in [0.1, 0.15) is 19.3 Å². The smallest absolute Gasteiger partial charge is 0.245 e. The molecule has 0 amide bonds. The van der Waals surface area contributed by atoms with Gasteiger partial charge in [-0.25, -0.2) is 17.2 Å². The van der Waals surface area contributed by atoms with E-state index < -0.39 is 32.3 Å². The van der Waals surface area contributed by atoms with Crippen molar-refractivity contribution in [2.45, 2.75) is 29.9 Å². The van der Waals surface area contributed by atoms with Gasteiger partial charge in [0.2, 0.25) is 10.0 Å². The quantitative estimate of drug-likeness (QED) is 0.829. The highest BCUT2D eigenvalue weighted by molar-refractivity contribution is 7.89. The number of rotatable bonds is 2. The van der Waals surface area contributed by atoms with Crippen LogP contribution < -0.4 is 0 Å². The van der Waals surface area contributed by atoms with Gasteiger partial charge >= 0.3 is 0 Å². The van der Waals surface area contributed by atoms with Crippen LogP contribution in [-0.2, 0) is 19.5 Å². The number of ether oxygens (including phenoxy) is 2. The van der Waals surface area contributed by atoms with E-state index in [1.54, 1.807) is 0 Å². The van der Waals surface area contributed by atoms with Crippen LogP contribution in [0.3, 0.4) is 0 Å². The van der Waals surface area contributed by atoms with Crippen molar-refractivity contribution in [3.05, 3.63) is 29.8 Å². The normalized spacial score (nSPS) is 22.8. The Morgan fingerprint density at radius 1 is 1.09 bits per heavy atom. The molecule has 8 heteroatoms. The monoisotopic (exact) mass is 333 g/mol. The van der Waals surface area contributed by atoms with Gasteiger partial charge in [0.25, 0.3) is 0 Å². The summed E-state index contributed by atoms with van der Waals surface area (Å²) in [5.74, 6) is -2.60. The number of benzene rings is 1. The molecule has 1 spiro atoms. The Morgan fingerprint density at radius 2 is 1.73 bits per heavy atom. The van der Waals surface area contributed by atoms with E-state index in [0.29, 0.717) is 32.1 Å². The Balaban J connectivity index is 1.77. The van der Waals surface area contributed by atoms with Crippen LogP contribution in [0, 0.1) is 11.6 Å². The highest BCUT2D eigenvalue weighted by atomic mass is 32.2. The van der Waals surface area contributed by atoms with E-state index in [0.717, 1.165) is 18.6 Å². The van der Waals surface area contributed by atoms with Crippen LogP contribution in [0.4, 0.5) is 8.78 Å². The van der Waals surface area contributed by atoms with Crippen LogP contribution >= 0.6 is 0 Å². The molecule has 2 aliphatic heterocycles. The molecule has 5 nitrogen and oxygen atoms in total. The second-order valence-corrected chi connectivity index (χ2v) is 7.35. The summed E-state index contributed by atoms with van der Waals surface area (Å²) < 4.78 is 64.1. The van der Waals surface area contributed by atoms with E-state index in [4.69, 9.17) is 9.47 Å². The molecular formula is C14H17F2NO4S. The molecule has 0 atom stereocenters. The van der Waals surface area contributed by atoms with Crippen molar-refractivity contribution in [1.29, 1.82) is 0 Å². The molecule has 0 aromatic heterocycles. The van der Waals surface area contributed by atoms with E-state index in [1.807, 2.05) is 0 Å². The number of piperidine rings is 1. The summed E-state index contributed by atoms with van der Waals surface area (Å²) in [6.07, 6.45) is 1.62. The van der Waals surface area contributed by atoms with Gasteiger partial charge in [0, 0.05) is 32.0 Å². The highest BCUT2D eigenvalue weighted by Gasteiger charge is 2.42. The molecule has 2 fully saturated rings. The van der Waals surface area contributed by atoms with Gasteiger partial charge in [0.15, 0.2) is 5.79 Å². The molecule has 22 heavy (non-hydrogen) atoms. The predicted octanol–water partition coefficient (Wildman–Crippen LogP) is 1.88. The maximum atomic E-state index is 13.8. The first-order chi connectivity index (χ1) is 10.4. The lowest BCUT2D eigenvalue weighted by atomic mass is 10.0. The molecule has 0 unspecified atom stereocenters. The van der Waals surface area contributed by atoms with Gasteiger partial charge < -0.3 is 9.47 Å². The molecule has 0 saturated carbocycles. The SMILES string of the molecule is O=S(=O)(c1ccc(F)cc1F)N1CCC2(CC1)OCCCO2. The van der Waals surface area contributed by atoms with E-state index in [2.05, 4.69) is 0 Å². The number of sulfonamides is 1. The lowest BCUT2D eigenvalue weighted by Crippen LogP contribution is -2.51. The molecule has 0 bridgehead atoms. The summed E-state index contributed by atoms with van der Waals surface area (Å²) in [7, 11) is -3.98. The second-order valence-electron chi connectivity index (χ2n) is 5.44. The lowest BCUT2D eigenvalue weighted by Gasteiger charge is -2.42. The molecule has 2 aliphatic rings. The van der Waals surface area contributed by atoms with Gasteiger partial charge in [0.1, 0.15) is 16.5 Å². The molecular weight excluding hydrogens is 316 g/mol. The number of nitrogens with zero attached hydrogens (tertiary/aromatic N) is 1. The minimum Gasteiger partial charge on any atom is -0.350 e. The molecule has 1 aromatic carbocycles. The first-order valence-corrected chi connectivity index (χ1v) is 8.60. The largest absolute Gasteiger partial charge is 0.350 e. The van der Waals surface area contributed by atoms with Gasteiger partial charge in [-0.2, -0.15) is 4.31 Å². The third-order valence-corrected chi connectivity index (χ3v) is 5.95. The Morgan fingerprint density at radius 3 is 2.32 bits per heavy atom. The van der Waals surface area contributed by atoms with Crippen molar-refractivity contribution in [3.8, 4) is 0 Å². The van der Waals surface area contributed by atoms with Crippen molar-refractivity contribution in [1.82, 2.24) is 4.31 Å². The molecule has 2 saturated heterocycles. The molecule has 122 valence electrons. The lowest BCUT2D eigenvalue weighted by molar-refractivity contribution is -0.280. The van der Waals surface area contributed by atoms with Crippen LogP contribution in [0.15, 0.2) is 23.1 Å².